The number of benzene rings is 1. The van der Waals surface area contributed by atoms with E-state index in [0.29, 0.717) is 6.42 Å². The Bertz CT molecular complexity index is 859. The molecule has 1 unspecified atom stereocenters. The molecule has 9 heteroatoms. The molecule has 1 heterocycles. The van der Waals surface area contributed by atoms with Crippen LogP contribution in [0.5, 0.6) is 0 Å². The normalized spacial score (nSPS) is 11.5. The van der Waals surface area contributed by atoms with Crippen LogP contribution in [0.25, 0.3) is 0 Å². The van der Waals surface area contributed by atoms with Gasteiger partial charge in [-0.1, -0.05) is 30.3 Å². The Morgan fingerprint density at radius 1 is 1.19 bits per heavy atom. The van der Waals surface area contributed by atoms with Crippen molar-refractivity contribution in [2.75, 3.05) is 0 Å². The predicted molar refractivity (Wildman–Crippen MR) is 91.7 cm³/mol. The van der Waals surface area contributed by atoms with Crippen molar-refractivity contribution in [2.24, 2.45) is 0 Å². The Labute approximate surface area is 148 Å². The van der Waals surface area contributed by atoms with Gasteiger partial charge in [-0.05, 0) is 18.4 Å². The van der Waals surface area contributed by atoms with Crippen LogP contribution in [0.2, 0.25) is 0 Å². The average Bonchev–Trinajstić information content (AvgIpc) is 2.61. The van der Waals surface area contributed by atoms with Gasteiger partial charge in [0.05, 0.1) is 0 Å². The zero-order valence-corrected chi connectivity index (χ0v) is 13.9. The Morgan fingerprint density at radius 2 is 1.92 bits per heavy atom. The van der Waals surface area contributed by atoms with E-state index in [4.69, 9.17) is 4.74 Å². The Morgan fingerprint density at radius 3 is 2.58 bits per heavy atom. The molecule has 1 aromatic heterocycles. The van der Waals surface area contributed by atoms with Crippen LogP contribution in [0.3, 0.4) is 0 Å². The lowest BCUT2D eigenvalue weighted by Gasteiger charge is -2.15. The molecule has 9 nitrogen and oxygen atoms in total. The molecule has 1 amide bonds. The standard InChI is InChI=1S/C17H19N3O6/c21-14-8-10-20(16(24)19-14)9-4-7-13(15(22)23)18-17(25)26-11-12-5-2-1-3-6-12/h1-3,5-6,8,10,13H,4,7,9,11H2,(H,18,25)(H,22,23)(H,19,21,24). The molecule has 1 atom stereocenters. The summed E-state index contributed by atoms with van der Waals surface area (Å²) in [6.07, 6.45) is 0.907. The van der Waals surface area contributed by atoms with Crippen molar-refractivity contribution in [3.05, 3.63) is 69.0 Å². The highest BCUT2D eigenvalue weighted by Crippen LogP contribution is 2.03. The summed E-state index contributed by atoms with van der Waals surface area (Å²) in [7, 11) is 0. The molecule has 0 aliphatic carbocycles. The molecule has 2 rings (SSSR count). The quantitative estimate of drug-likeness (QED) is 0.634. The van der Waals surface area contributed by atoms with Crippen molar-refractivity contribution in [1.82, 2.24) is 14.9 Å². The van der Waals surface area contributed by atoms with E-state index in [2.05, 4.69) is 10.3 Å². The van der Waals surface area contributed by atoms with Crippen molar-refractivity contribution in [3.63, 3.8) is 0 Å². The van der Waals surface area contributed by atoms with E-state index in [1.807, 2.05) is 6.07 Å². The molecule has 2 aromatic rings. The third-order valence-electron chi connectivity index (χ3n) is 3.59. The van der Waals surface area contributed by atoms with Crippen LogP contribution in [-0.2, 0) is 22.7 Å². The molecule has 0 aliphatic rings. The van der Waals surface area contributed by atoms with Gasteiger partial charge in [0.1, 0.15) is 12.6 Å². The number of hydrogen-bond acceptors (Lipinski definition) is 5. The number of amides is 1. The fourth-order valence-corrected chi connectivity index (χ4v) is 2.25. The zero-order valence-electron chi connectivity index (χ0n) is 13.9. The molecular formula is C17H19N3O6. The summed E-state index contributed by atoms with van der Waals surface area (Å²) in [5.74, 6) is -1.20. The van der Waals surface area contributed by atoms with Crippen molar-refractivity contribution < 1.29 is 19.4 Å². The fraction of sp³-hybridized carbons (Fsp3) is 0.294. The highest BCUT2D eigenvalue weighted by atomic mass is 16.5. The number of aromatic amines is 1. The number of alkyl carbamates (subject to hydrolysis) is 1. The van der Waals surface area contributed by atoms with Gasteiger partial charge in [-0.25, -0.2) is 14.4 Å². The molecule has 0 saturated heterocycles. The molecular weight excluding hydrogens is 342 g/mol. The van der Waals surface area contributed by atoms with Gasteiger partial charge in [-0.15, -0.1) is 0 Å². The van der Waals surface area contributed by atoms with Crippen molar-refractivity contribution in [1.29, 1.82) is 0 Å². The minimum Gasteiger partial charge on any atom is -0.480 e. The van der Waals surface area contributed by atoms with Crippen LogP contribution < -0.4 is 16.6 Å². The number of ether oxygens (including phenoxy) is 1. The SMILES string of the molecule is O=C(NC(CCCn1ccc(=O)[nH]c1=O)C(=O)O)OCc1ccccc1. The third-order valence-corrected chi connectivity index (χ3v) is 3.59. The largest absolute Gasteiger partial charge is 0.480 e. The van der Waals surface area contributed by atoms with E-state index in [1.165, 1.54) is 16.8 Å². The minimum atomic E-state index is -1.20. The van der Waals surface area contributed by atoms with E-state index in [9.17, 15) is 24.3 Å². The molecule has 138 valence electrons. The second-order valence-corrected chi connectivity index (χ2v) is 5.54. The van der Waals surface area contributed by atoms with E-state index in [0.717, 1.165) is 5.56 Å². The number of carbonyl (C=O) groups is 2. The first-order valence-corrected chi connectivity index (χ1v) is 7.95. The van der Waals surface area contributed by atoms with Crippen LogP contribution >= 0.6 is 0 Å². The second kappa shape index (κ2) is 9.21. The first-order chi connectivity index (χ1) is 12.5. The number of hydrogen-bond donors (Lipinski definition) is 3. The smallest absolute Gasteiger partial charge is 0.408 e. The lowest BCUT2D eigenvalue weighted by atomic mass is 10.1. The number of nitrogens with one attached hydrogen (secondary N) is 2. The monoisotopic (exact) mass is 361 g/mol. The molecule has 26 heavy (non-hydrogen) atoms. The van der Waals surface area contributed by atoms with Crippen molar-refractivity contribution in [2.45, 2.75) is 32.0 Å². The minimum absolute atomic E-state index is 0.0335. The van der Waals surface area contributed by atoms with Crippen molar-refractivity contribution >= 4 is 12.1 Å². The zero-order chi connectivity index (χ0) is 18.9. The number of aromatic nitrogens is 2. The number of carbonyl (C=O) groups excluding carboxylic acids is 1. The van der Waals surface area contributed by atoms with Gasteiger partial charge in [-0.2, -0.15) is 0 Å². The molecule has 0 aliphatic heterocycles. The number of carboxylic acid groups (broad SMARTS) is 1. The summed E-state index contributed by atoms with van der Waals surface area (Å²) >= 11 is 0. The molecule has 0 radical (unpaired) electrons. The summed E-state index contributed by atoms with van der Waals surface area (Å²) in [5, 5.41) is 11.5. The Balaban J connectivity index is 1.82. The van der Waals surface area contributed by atoms with Gasteiger partial charge in [0.2, 0.25) is 0 Å². The van der Waals surface area contributed by atoms with Crippen LogP contribution in [0.4, 0.5) is 4.79 Å². The molecule has 3 N–H and O–H groups in total. The topological polar surface area (TPSA) is 130 Å². The predicted octanol–water partition coefficient (Wildman–Crippen LogP) is 0.696. The second-order valence-electron chi connectivity index (χ2n) is 5.54. The van der Waals surface area contributed by atoms with Gasteiger partial charge < -0.3 is 19.7 Å². The van der Waals surface area contributed by atoms with Gasteiger partial charge in [0, 0.05) is 18.8 Å². The number of aryl methyl sites for hydroxylation is 1. The fourth-order valence-electron chi connectivity index (χ4n) is 2.25. The summed E-state index contributed by atoms with van der Waals surface area (Å²) in [4.78, 5) is 47.7. The van der Waals surface area contributed by atoms with Gasteiger partial charge >= 0.3 is 17.8 Å². The maximum Gasteiger partial charge on any atom is 0.408 e. The maximum absolute atomic E-state index is 11.8. The van der Waals surface area contributed by atoms with Crippen LogP contribution in [0.1, 0.15) is 18.4 Å². The van der Waals surface area contributed by atoms with Crippen LogP contribution in [0.15, 0.2) is 52.2 Å². The first-order valence-electron chi connectivity index (χ1n) is 7.95. The van der Waals surface area contributed by atoms with Gasteiger partial charge in [0.15, 0.2) is 0 Å². The Kier molecular flexibility index (Phi) is 6.72. The highest BCUT2D eigenvalue weighted by molar-refractivity contribution is 5.79. The summed E-state index contributed by atoms with van der Waals surface area (Å²) in [6, 6.07) is 9.06. The first kappa shape index (κ1) is 19.0. The van der Waals surface area contributed by atoms with Crippen LogP contribution in [-0.4, -0.2) is 32.8 Å². The van der Waals surface area contributed by atoms with E-state index >= 15 is 0 Å². The number of rotatable bonds is 8. The number of nitrogens with zero attached hydrogens (tertiary/aromatic N) is 1. The van der Waals surface area contributed by atoms with Gasteiger partial charge in [-0.3, -0.25) is 9.78 Å². The lowest BCUT2D eigenvalue weighted by molar-refractivity contribution is -0.139. The van der Waals surface area contributed by atoms with Crippen LogP contribution in [0, 0.1) is 0 Å². The average molecular weight is 361 g/mol. The maximum atomic E-state index is 11.8. The number of carboxylic acids is 1. The number of aliphatic carboxylic acids is 1. The van der Waals surface area contributed by atoms with Crippen molar-refractivity contribution in [3.8, 4) is 0 Å². The van der Waals surface area contributed by atoms with Gasteiger partial charge in [0.25, 0.3) is 5.56 Å². The molecule has 0 saturated carbocycles. The highest BCUT2D eigenvalue weighted by Gasteiger charge is 2.20. The molecule has 0 fully saturated rings. The van der Waals surface area contributed by atoms with E-state index in [1.54, 1.807) is 24.3 Å². The molecule has 1 aromatic carbocycles. The summed E-state index contributed by atoms with van der Waals surface area (Å²) in [5.41, 5.74) is -0.288. The summed E-state index contributed by atoms with van der Waals surface area (Å²) in [6.45, 7) is 0.242. The lowest BCUT2D eigenvalue weighted by Crippen LogP contribution is -2.41. The third kappa shape index (κ3) is 5.93. The Hall–Kier alpha value is -3.36. The van der Waals surface area contributed by atoms with E-state index < -0.39 is 29.4 Å². The summed E-state index contributed by atoms with van der Waals surface area (Å²) < 4.78 is 6.26. The molecule has 0 spiro atoms. The molecule has 0 bridgehead atoms. The number of H-pyrrole nitrogens is 1. The van der Waals surface area contributed by atoms with E-state index in [-0.39, 0.29) is 19.6 Å².